The normalized spacial score (nSPS) is 12.0. The third-order valence-electron chi connectivity index (χ3n) is 2.94. The first kappa shape index (κ1) is 15.2. The van der Waals surface area contributed by atoms with Crippen LogP contribution in [-0.4, -0.2) is 24.4 Å². The van der Waals surface area contributed by atoms with Crippen LogP contribution in [0.25, 0.3) is 0 Å². The van der Waals surface area contributed by atoms with E-state index in [2.05, 4.69) is 6.07 Å². The van der Waals surface area contributed by atoms with Gasteiger partial charge in [-0.2, -0.15) is 0 Å². The standard InChI is InChI=1S/C17H21NO3/c1-12-6-13(2)8-17(7-12)21-11-15(19)10-20-16-5-3-4-14(18)9-16/h3-9,15,19H,10-11,18H2,1-2H3. The van der Waals surface area contributed by atoms with Gasteiger partial charge in [-0.25, -0.2) is 0 Å². The zero-order chi connectivity index (χ0) is 15.2. The summed E-state index contributed by atoms with van der Waals surface area (Å²) in [6, 6.07) is 13.1. The third kappa shape index (κ3) is 5.00. The first-order valence-corrected chi connectivity index (χ1v) is 6.90. The lowest BCUT2D eigenvalue weighted by molar-refractivity contribution is 0.0626. The molecule has 0 saturated heterocycles. The monoisotopic (exact) mass is 287 g/mol. The van der Waals surface area contributed by atoms with Gasteiger partial charge in [0.2, 0.25) is 0 Å². The molecule has 3 N–H and O–H groups in total. The van der Waals surface area contributed by atoms with Crippen molar-refractivity contribution in [2.24, 2.45) is 0 Å². The minimum absolute atomic E-state index is 0.161. The molecule has 0 fully saturated rings. The zero-order valence-electron chi connectivity index (χ0n) is 12.4. The van der Waals surface area contributed by atoms with Gasteiger partial charge in [-0.1, -0.05) is 12.1 Å². The number of nitrogens with two attached hydrogens (primary N) is 1. The van der Waals surface area contributed by atoms with E-state index in [1.807, 2.05) is 32.0 Å². The number of rotatable bonds is 6. The average Bonchev–Trinajstić information content (AvgIpc) is 2.42. The summed E-state index contributed by atoms with van der Waals surface area (Å²) in [4.78, 5) is 0. The zero-order valence-corrected chi connectivity index (χ0v) is 12.4. The first-order valence-electron chi connectivity index (χ1n) is 6.90. The van der Waals surface area contributed by atoms with Gasteiger partial charge in [-0.15, -0.1) is 0 Å². The molecule has 0 heterocycles. The van der Waals surface area contributed by atoms with Gasteiger partial charge < -0.3 is 20.3 Å². The largest absolute Gasteiger partial charge is 0.491 e. The van der Waals surface area contributed by atoms with Crippen molar-refractivity contribution in [3.8, 4) is 11.5 Å². The third-order valence-corrected chi connectivity index (χ3v) is 2.94. The summed E-state index contributed by atoms with van der Waals surface area (Å²) < 4.78 is 11.1. The van der Waals surface area contributed by atoms with Crippen LogP contribution in [-0.2, 0) is 0 Å². The lowest BCUT2D eigenvalue weighted by Gasteiger charge is -2.14. The molecule has 0 amide bonds. The van der Waals surface area contributed by atoms with Crippen LogP contribution in [0, 0.1) is 13.8 Å². The number of hydrogen-bond donors (Lipinski definition) is 2. The maximum atomic E-state index is 9.90. The Morgan fingerprint density at radius 3 is 2.19 bits per heavy atom. The van der Waals surface area contributed by atoms with E-state index < -0.39 is 6.10 Å². The van der Waals surface area contributed by atoms with Crippen molar-refractivity contribution in [2.45, 2.75) is 20.0 Å². The molecular formula is C17H21NO3. The van der Waals surface area contributed by atoms with Crippen molar-refractivity contribution in [1.82, 2.24) is 0 Å². The molecule has 2 rings (SSSR count). The van der Waals surface area contributed by atoms with Gasteiger partial charge in [0, 0.05) is 11.8 Å². The molecule has 0 aromatic heterocycles. The van der Waals surface area contributed by atoms with E-state index in [0.717, 1.165) is 16.9 Å². The van der Waals surface area contributed by atoms with Crippen LogP contribution in [0.2, 0.25) is 0 Å². The highest BCUT2D eigenvalue weighted by molar-refractivity contribution is 5.43. The molecule has 1 atom stereocenters. The predicted octanol–water partition coefficient (Wildman–Crippen LogP) is 2.70. The van der Waals surface area contributed by atoms with Crippen LogP contribution in [0.1, 0.15) is 11.1 Å². The van der Waals surface area contributed by atoms with E-state index in [1.165, 1.54) is 0 Å². The Labute approximate surface area is 125 Å². The van der Waals surface area contributed by atoms with Crippen LogP contribution in [0.3, 0.4) is 0 Å². The highest BCUT2D eigenvalue weighted by Crippen LogP contribution is 2.17. The molecule has 0 aliphatic rings. The number of aliphatic hydroxyl groups is 1. The van der Waals surface area contributed by atoms with Crippen molar-refractivity contribution in [3.05, 3.63) is 53.6 Å². The van der Waals surface area contributed by atoms with Crippen LogP contribution in [0.4, 0.5) is 5.69 Å². The molecule has 2 aromatic carbocycles. The maximum Gasteiger partial charge on any atom is 0.122 e. The van der Waals surface area contributed by atoms with Gasteiger partial charge in [0.15, 0.2) is 0 Å². The van der Waals surface area contributed by atoms with Crippen molar-refractivity contribution >= 4 is 5.69 Å². The maximum absolute atomic E-state index is 9.90. The van der Waals surface area contributed by atoms with Gasteiger partial charge in [-0.05, 0) is 49.2 Å². The second kappa shape index (κ2) is 6.99. The van der Waals surface area contributed by atoms with E-state index >= 15 is 0 Å². The SMILES string of the molecule is Cc1cc(C)cc(OCC(O)COc2cccc(N)c2)c1. The van der Waals surface area contributed by atoms with Crippen LogP contribution in [0.5, 0.6) is 11.5 Å². The predicted molar refractivity (Wildman–Crippen MR) is 83.8 cm³/mol. The van der Waals surface area contributed by atoms with Crippen LogP contribution < -0.4 is 15.2 Å². The molecule has 2 aromatic rings. The molecule has 0 aliphatic heterocycles. The van der Waals surface area contributed by atoms with Gasteiger partial charge in [0.05, 0.1) is 0 Å². The summed E-state index contributed by atoms with van der Waals surface area (Å²) in [5.41, 5.74) is 8.56. The minimum atomic E-state index is -0.702. The Kier molecular flexibility index (Phi) is 5.06. The van der Waals surface area contributed by atoms with E-state index in [1.54, 1.807) is 18.2 Å². The molecule has 0 aliphatic carbocycles. The average molecular weight is 287 g/mol. The van der Waals surface area contributed by atoms with E-state index in [4.69, 9.17) is 15.2 Å². The Hall–Kier alpha value is -2.20. The lowest BCUT2D eigenvalue weighted by atomic mass is 10.1. The number of benzene rings is 2. The van der Waals surface area contributed by atoms with Crippen LogP contribution in [0.15, 0.2) is 42.5 Å². The Balaban J connectivity index is 1.80. The van der Waals surface area contributed by atoms with Gasteiger partial charge in [-0.3, -0.25) is 0 Å². The molecule has 4 heteroatoms. The Bertz CT molecular complexity index is 578. The summed E-state index contributed by atoms with van der Waals surface area (Å²) in [6.45, 7) is 4.37. The molecule has 112 valence electrons. The number of ether oxygens (including phenoxy) is 2. The minimum Gasteiger partial charge on any atom is -0.491 e. The fourth-order valence-corrected chi connectivity index (χ4v) is 2.05. The van der Waals surface area contributed by atoms with Crippen molar-refractivity contribution in [1.29, 1.82) is 0 Å². The van der Waals surface area contributed by atoms with Gasteiger partial charge in [0.25, 0.3) is 0 Å². The smallest absolute Gasteiger partial charge is 0.122 e. The number of hydrogen-bond acceptors (Lipinski definition) is 4. The molecule has 0 radical (unpaired) electrons. The number of aryl methyl sites for hydroxylation is 2. The Morgan fingerprint density at radius 2 is 1.57 bits per heavy atom. The van der Waals surface area contributed by atoms with Crippen molar-refractivity contribution in [3.63, 3.8) is 0 Å². The second-order valence-corrected chi connectivity index (χ2v) is 5.17. The summed E-state index contributed by atoms with van der Waals surface area (Å²) in [6.07, 6.45) is -0.702. The quantitative estimate of drug-likeness (QED) is 0.802. The fourth-order valence-electron chi connectivity index (χ4n) is 2.05. The van der Waals surface area contributed by atoms with Crippen LogP contribution >= 0.6 is 0 Å². The van der Waals surface area contributed by atoms with Crippen molar-refractivity contribution in [2.75, 3.05) is 18.9 Å². The summed E-state index contributed by atoms with van der Waals surface area (Å²) in [5.74, 6) is 1.40. The van der Waals surface area contributed by atoms with Crippen molar-refractivity contribution < 1.29 is 14.6 Å². The number of anilines is 1. The highest BCUT2D eigenvalue weighted by atomic mass is 16.5. The molecule has 0 bridgehead atoms. The van der Waals surface area contributed by atoms with E-state index in [-0.39, 0.29) is 13.2 Å². The van der Waals surface area contributed by atoms with Gasteiger partial charge >= 0.3 is 0 Å². The van der Waals surface area contributed by atoms with Gasteiger partial charge in [0.1, 0.15) is 30.8 Å². The molecule has 0 saturated carbocycles. The van der Waals surface area contributed by atoms with E-state index in [9.17, 15) is 5.11 Å². The summed E-state index contributed by atoms with van der Waals surface area (Å²) >= 11 is 0. The lowest BCUT2D eigenvalue weighted by Crippen LogP contribution is -2.25. The number of nitrogen functional groups attached to an aromatic ring is 1. The number of aliphatic hydroxyl groups excluding tert-OH is 1. The first-order chi connectivity index (χ1) is 10.0. The summed E-state index contributed by atoms with van der Waals surface area (Å²) in [5, 5.41) is 9.90. The molecule has 21 heavy (non-hydrogen) atoms. The molecular weight excluding hydrogens is 266 g/mol. The van der Waals surface area contributed by atoms with E-state index in [0.29, 0.717) is 11.4 Å². The molecule has 0 spiro atoms. The molecule has 4 nitrogen and oxygen atoms in total. The highest BCUT2D eigenvalue weighted by Gasteiger charge is 2.07. The summed E-state index contributed by atoms with van der Waals surface area (Å²) in [7, 11) is 0. The topological polar surface area (TPSA) is 64.7 Å². The molecule has 1 unspecified atom stereocenters. The second-order valence-electron chi connectivity index (χ2n) is 5.17. The Morgan fingerprint density at radius 1 is 0.952 bits per heavy atom. The fraction of sp³-hybridized carbons (Fsp3) is 0.294.